The third kappa shape index (κ3) is 4.42. The Morgan fingerprint density at radius 3 is 2.75 bits per heavy atom. The zero-order valence-corrected chi connectivity index (χ0v) is 16.0. The molecule has 0 aromatic heterocycles. The summed E-state index contributed by atoms with van der Waals surface area (Å²) in [4.78, 5) is 26.3. The molecule has 148 valence electrons. The Balaban J connectivity index is 1.88. The summed E-state index contributed by atoms with van der Waals surface area (Å²) in [6.07, 6.45) is -0.125. The number of urea groups is 1. The van der Waals surface area contributed by atoms with E-state index in [2.05, 4.69) is 10.6 Å². The summed E-state index contributed by atoms with van der Waals surface area (Å²) in [5.74, 6) is 0.0678. The topological polar surface area (TPSA) is 70.7 Å². The summed E-state index contributed by atoms with van der Waals surface area (Å²) in [6, 6.07) is 11.4. The molecule has 1 atom stereocenters. The van der Waals surface area contributed by atoms with E-state index in [9.17, 15) is 14.0 Å². The molecule has 7 heteroatoms. The van der Waals surface area contributed by atoms with Gasteiger partial charge >= 0.3 is 6.03 Å². The zero-order valence-electron chi connectivity index (χ0n) is 16.0. The zero-order chi connectivity index (χ0) is 20.1. The number of nitrogens with one attached hydrogen (secondary N) is 2. The van der Waals surface area contributed by atoms with E-state index in [1.54, 1.807) is 41.3 Å². The monoisotopic (exact) mass is 385 g/mol. The number of halogens is 1. The van der Waals surface area contributed by atoms with E-state index >= 15 is 0 Å². The highest BCUT2D eigenvalue weighted by Gasteiger charge is 2.30. The van der Waals surface area contributed by atoms with Gasteiger partial charge in [-0.1, -0.05) is 25.1 Å². The van der Waals surface area contributed by atoms with Crippen molar-refractivity contribution in [1.29, 1.82) is 0 Å². The molecule has 1 unspecified atom stereocenters. The lowest BCUT2D eigenvalue weighted by molar-refractivity contribution is -0.139. The van der Waals surface area contributed by atoms with E-state index in [4.69, 9.17) is 4.74 Å². The second-order valence-electron chi connectivity index (χ2n) is 6.61. The van der Waals surface area contributed by atoms with E-state index in [0.29, 0.717) is 30.0 Å². The first-order valence-electron chi connectivity index (χ1n) is 9.38. The molecule has 0 fully saturated rings. The van der Waals surface area contributed by atoms with Crippen LogP contribution in [-0.4, -0.2) is 29.5 Å². The van der Waals surface area contributed by atoms with Crippen molar-refractivity contribution in [1.82, 2.24) is 10.2 Å². The third-order valence-corrected chi connectivity index (χ3v) is 4.56. The Morgan fingerprint density at radius 1 is 1.25 bits per heavy atom. The molecule has 1 aliphatic rings. The maximum atomic E-state index is 14.1. The summed E-state index contributed by atoms with van der Waals surface area (Å²) in [5, 5.41) is 5.42. The van der Waals surface area contributed by atoms with Gasteiger partial charge in [0, 0.05) is 36.4 Å². The first kappa shape index (κ1) is 19.7. The number of nitrogens with zero attached hydrogens (tertiary/aromatic N) is 1. The number of benzene rings is 2. The Kier molecular flexibility index (Phi) is 6.13. The molecule has 2 N–H and O–H groups in total. The van der Waals surface area contributed by atoms with E-state index in [0.717, 1.165) is 5.56 Å². The van der Waals surface area contributed by atoms with Crippen LogP contribution in [0.3, 0.4) is 0 Å². The molecule has 0 saturated heterocycles. The minimum Gasteiger partial charge on any atom is -0.480 e. The molecule has 0 spiro atoms. The molecule has 0 radical (unpaired) electrons. The van der Waals surface area contributed by atoms with Crippen molar-refractivity contribution in [3.8, 4) is 5.75 Å². The van der Waals surface area contributed by atoms with Gasteiger partial charge in [-0.3, -0.25) is 4.79 Å². The second kappa shape index (κ2) is 8.73. The fourth-order valence-electron chi connectivity index (χ4n) is 3.15. The second-order valence-corrected chi connectivity index (χ2v) is 6.61. The molecule has 6 nitrogen and oxygen atoms in total. The Hall–Kier alpha value is -3.09. The van der Waals surface area contributed by atoms with E-state index in [1.807, 2.05) is 13.8 Å². The normalized spacial score (nSPS) is 16.0. The van der Waals surface area contributed by atoms with Crippen molar-refractivity contribution in [2.75, 3.05) is 11.9 Å². The lowest BCUT2D eigenvalue weighted by Gasteiger charge is -2.23. The van der Waals surface area contributed by atoms with Crippen LogP contribution in [0.1, 0.15) is 31.4 Å². The van der Waals surface area contributed by atoms with Gasteiger partial charge < -0.3 is 20.3 Å². The fourth-order valence-corrected chi connectivity index (χ4v) is 3.15. The number of carbonyl (C=O) groups is 2. The van der Waals surface area contributed by atoms with Gasteiger partial charge in [-0.25, -0.2) is 9.18 Å². The fraction of sp³-hybridized carbons (Fsp3) is 0.333. The molecule has 3 amide bonds. The number of anilines is 1. The van der Waals surface area contributed by atoms with Crippen LogP contribution in [0, 0.1) is 5.82 Å². The van der Waals surface area contributed by atoms with Gasteiger partial charge in [-0.2, -0.15) is 0 Å². The number of fused-ring (bicyclic) bond motifs is 1. The average molecular weight is 385 g/mol. The summed E-state index contributed by atoms with van der Waals surface area (Å²) in [7, 11) is 0. The minimum absolute atomic E-state index is 0.152. The molecule has 0 bridgehead atoms. The molecular weight excluding hydrogens is 361 g/mol. The highest BCUT2D eigenvalue weighted by Crippen LogP contribution is 2.30. The number of hydrogen-bond donors (Lipinski definition) is 2. The van der Waals surface area contributed by atoms with Crippen LogP contribution >= 0.6 is 0 Å². The van der Waals surface area contributed by atoms with E-state index in [-0.39, 0.29) is 30.8 Å². The largest absolute Gasteiger partial charge is 0.480 e. The number of ether oxygens (including phenoxy) is 1. The van der Waals surface area contributed by atoms with Gasteiger partial charge in [0.1, 0.15) is 11.6 Å². The summed E-state index contributed by atoms with van der Waals surface area (Å²) in [5.41, 5.74) is 1.81. The lowest BCUT2D eigenvalue weighted by atomic mass is 10.1. The van der Waals surface area contributed by atoms with Gasteiger partial charge in [0.15, 0.2) is 6.10 Å². The lowest BCUT2D eigenvalue weighted by Crippen LogP contribution is -2.39. The molecule has 2 aromatic carbocycles. The first-order chi connectivity index (χ1) is 13.5. The first-order valence-corrected chi connectivity index (χ1v) is 9.38. The number of carbonyl (C=O) groups excluding carboxylic acids is 2. The smallest absolute Gasteiger partial charge is 0.319 e. The van der Waals surface area contributed by atoms with Crippen molar-refractivity contribution < 1.29 is 18.7 Å². The van der Waals surface area contributed by atoms with Crippen molar-refractivity contribution >= 4 is 17.6 Å². The summed E-state index contributed by atoms with van der Waals surface area (Å²) >= 11 is 0. The maximum Gasteiger partial charge on any atom is 0.319 e. The quantitative estimate of drug-likeness (QED) is 0.825. The molecule has 2 aromatic rings. The highest BCUT2D eigenvalue weighted by molar-refractivity contribution is 5.89. The van der Waals surface area contributed by atoms with Crippen LogP contribution in [-0.2, 0) is 17.9 Å². The minimum atomic E-state index is -0.629. The van der Waals surface area contributed by atoms with Crippen molar-refractivity contribution in [2.45, 2.75) is 39.5 Å². The van der Waals surface area contributed by atoms with Crippen molar-refractivity contribution in [2.24, 2.45) is 0 Å². The third-order valence-electron chi connectivity index (χ3n) is 4.56. The average Bonchev–Trinajstić information content (AvgIpc) is 2.80. The predicted octanol–water partition coefficient (Wildman–Crippen LogP) is 3.67. The molecule has 0 aliphatic carbocycles. The van der Waals surface area contributed by atoms with Crippen LogP contribution in [0.2, 0.25) is 0 Å². The van der Waals surface area contributed by atoms with Gasteiger partial charge in [0.2, 0.25) is 0 Å². The van der Waals surface area contributed by atoms with Crippen LogP contribution < -0.4 is 15.4 Å². The predicted molar refractivity (Wildman–Crippen MR) is 104 cm³/mol. The molecule has 3 rings (SSSR count). The number of rotatable bonds is 5. The van der Waals surface area contributed by atoms with Crippen LogP contribution in [0.5, 0.6) is 5.75 Å². The van der Waals surface area contributed by atoms with Crippen LogP contribution in [0.25, 0.3) is 0 Å². The van der Waals surface area contributed by atoms with E-state index < -0.39 is 6.10 Å². The maximum absolute atomic E-state index is 14.1. The Labute approximate surface area is 163 Å². The van der Waals surface area contributed by atoms with Gasteiger partial charge in [-0.15, -0.1) is 0 Å². The van der Waals surface area contributed by atoms with Crippen LogP contribution in [0.15, 0.2) is 42.5 Å². The van der Waals surface area contributed by atoms with Gasteiger partial charge in [0.25, 0.3) is 5.91 Å². The van der Waals surface area contributed by atoms with Gasteiger partial charge in [0.05, 0.1) is 0 Å². The molecule has 1 heterocycles. The Morgan fingerprint density at radius 2 is 2.04 bits per heavy atom. The standard InChI is InChI=1S/C21H24FN3O3/c1-3-18-20(26)25(12-14-7-5-6-8-17(14)22)13-15-11-16(9-10-19(15)28-18)24-21(27)23-4-2/h5-11,18H,3-4,12-13H2,1-2H3,(H2,23,24,27). The SMILES string of the molecule is CCNC(=O)Nc1ccc2c(c1)CN(Cc1ccccc1F)C(=O)C(CC)O2. The van der Waals surface area contributed by atoms with Crippen molar-refractivity contribution in [3.63, 3.8) is 0 Å². The molecular formula is C21H24FN3O3. The van der Waals surface area contributed by atoms with Crippen LogP contribution in [0.4, 0.5) is 14.9 Å². The van der Waals surface area contributed by atoms with Crippen molar-refractivity contribution in [3.05, 3.63) is 59.4 Å². The summed E-state index contributed by atoms with van der Waals surface area (Å²) in [6.45, 7) is 4.65. The number of hydrogen-bond acceptors (Lipinski definition) is 3. The van der Waals surface area contributed by atoms with Gasteiger partial charge in [-0.05, 0) is 37.6 Å². The molecule has 1 aliphatic heterocycles. The highest BCUT2D eigenvalue weighted by atomic mass is 19.1. The number of amides is 3. The van der Waals surface area contributed by atoms with E-state index in [1.165, 1.54) is 6.07 Å². The molecule has 0 saturated carbocycles. The molecule has 28 heavy (non-hydrogen) atoms. The summed E-state index contributed by atoms with van der Waals surface area (Å²) < 4.78 is 20.0. The Bertz CT molecular complexity index is 872.